The molecule has 0 aromatic heterocycles. The molecule has 0 N–H and O–H groups in total. The summed E-state index contributed by atoms with van der Waals surface area (Å²) in [6.07, 6.45) is 0.0176. The second-order valence-electron chi connectivity index (χ2n) is 7.54. The van der Waals surface area contributed by atoms with Crippen molar-refractivity contribution in [1.29, 1.82) is 0 Å². The standard InChI is InChI=1S/C24H23F3/c1-2-5-17-11-14-21-20-7-4-3-6-16(20)10-15-22(21)23(17)18-8-12-19(13-9-18)24(25,26)27/h3-4,6-10,12-13,15,17,23H,2,5,11,14H2,1H3. The third-order valence-corrected chi connectivity index (χ3v) is 5.91. The van der Waals surface area contributed by atoms with Crippen LogP contribution in [0, 0.1) is 5.92 Å². The lowest BCUT2D eigenvalue weighted by atomic mass is 9.69. The van der Waals surface area contributed by atoms with Crippen LogP contribution in [0.15, 0.2) is 60.7 Å². The second-order valence-corrected chi connectivity index (χ2v) is 7.54. The van der Waals surface area contributed by atoms with E-state index in [-0.39, 0.29) is 5.92 Å². The lowest BCUT2D eigenvalue weighted by Crippen LogP contribution is -2.22. The Morgan fingerprint density at radius 3 is 2.37 bits per heavy atom. The number of hydrogen-bond acceptors (Lipinski definition) is 0. The van der Waals surface area contributed by atoms with E-state index in [1.807, 2.05) is 6.07 Å². The molecule has 0 saturated heterocycles. The maximum atomic E-state index is 13.0. The zero-order valence-corrected chi connectivity index (χ0v) is 15.4. The van der Waals surface area contributed by atoms with Crippen LogP contribution < -0.4 is 0 Å². The van der Waals surface area contributed by atoms with Crippen LogP contribution in [-0.4, -0.2) is 0 Å². The number of hydrogen-bond donors (Lipinski definition) is 0. The van der Waals surface area contributed by atoms with Crippen LogP contribution in [0.2, 0.25) is 0 Å². The first kappa shape index (κ1) is 18.1. The number of benzene rings is 3. The molecule has 3 heteroatoms. The number of alkyl halides is 3. The van der Waals surface area contributed by atoms with Crippen LogP contribution in [-0.2, 0) is 12.6 Å². The molecule has 3 aromatic carbocycles. The first-order valence-electron chi connectivity index (χ1n) is 9.66. The van der Waals surface area contributed by atoms with Crippen LogP contribution in [0.25, 0.3) is 10.8 Å². The van der Waals surface area contributed by atoms with Crippen molar-refractivity contribution in [3.63, 3.8) is 0 Å². The minimum absolute atomic E-state index is 0.167. The van der Waals surface area contributed by atoms with Gasteiger partial charge in [-0.25, -0.2) is 0 Å². The van der Waals surface area contributed by atoms with Crippen molar-refractivity contribution in [3.8, 4) is 0 Å². The summed E-state index contributed by atoms with van der Waals surface area (Å²) in [6.45, 7) is 2.18. The number of halogens is 3. The molecule has 27 heavy (non-hydrogen) atoms. The molecule has 0 saturated carbocycles. The fraction of sp³-hybridized carbons (Fsp3) is 0.333. The Bertz CT molecular complexity index is 938. The minimum atomic E-state index is -4.29. The molecule has 140 valence electrons. The summed E-state index contributed by atoms with van der Waals surface area (Å²) >= 11 is 0. The fourth-order valence-electron chi connectivity index (χ4n) is 4.69. The molecule has 0 heterocycles. The first-order valence-corrected chi connectivity index (χ1v) is 9.66. The van der Waals surface area contributed by atoms with Crippen molar-refractivity contribution in [1.82, 2.24) is 0 Å². The van der Waals surface area contributed by atoms with E-state index < -0.39 is 11.7 Å². The van der Waals surface area contributed by atoms with Crippen LogP contribution in [0.1, 0.15) is 54.4 Å². The lowest BCUT2D eigenvalue weighted by Gasteiger charge is -2.35. The lowest BCUT2D eigenvalue weighted by molar-refractivity contribution is -0.137. The summed E-state index contributed by atoms with van der Waals surface area (Å²) < 4.78 is 38.9. The van der Waals surface area contributed by atoms with E-state index in [1.54, 1.807) is 12.1 Å². The molecule has 0 fully saturated rings. The van der Waals surface area contributed by atoms with Crippen molar-refractivity contribution in [3.05, 3.63) is 82.9 Å². The number of rotatable bonds is 3. The maximum absolute atomic E-state index is 13.0. The summed E-state index contributed by atoms with van der Waals surface area (Å²) in [5.41, 5.74) is 3.08. The summed E-state index contributed by atoms with van der Waals surface area (Å²) in [7, 11) is 0. The van der Waals surface area contributed by atoms with Crippen molar-refractivity contribution in [2.75, 3.05) is 0 Å². The van der Waals surface area contributed by atoms with Gasteiger partial charge in [-0.2, -0.15) is 13.2 Å². The Hall–Kier alpha value is -2.29. The summed E-state index contributed by atoms with van der Waals surface area (Å²) in [5.74, 6) is 0.640. The van der Waals surface area contributed by atoms with Crippen molar-refractivity contribution < 1.29 is 13.2 Å². The third kappa shape index (κ3) is 3.36. The maximum Gasteiger partial charge on any atom is 0.416 e. The van der Waals surface area contributed by atoms with Gasteiger partial charge in [0.05, 0.1) is 5.56 Å². The highest BCUT2D eigenvalue weighted by Crippen LogP contribution is 2.45. The fourth-order valence-corrected chi connectivity index (χ4v) is 4.69. The van der Waals surface area contributed by atoms with Gasteiger partial charge >= 0.3 is 6.18 Å². The largest absolute Gasteiger partial charge is 0.416 e. The van der Waals surface area contributed by atoms with Crippen molar-refractivity contribution in [2.45, 2.75) is 44.7 Å². The van der Waals surface area contributed by atoms with Gasteiger partial charge in [0.1, 0.15) is 0 Å². The van der Waals surface area contributed by atoms with Gasteiger partial charge in [-0.15, -0.1) is 0 Å². The predicted molar refractivity (Wildman–Crippen MR) is 104 cm³/mol. The Morgan fingerprint density at radius 2 is 1.67 bits per heavy atom. The zero-order valence-electron chi connectivity index (χ0n) is 15.4. The Balaban J connectivity index is 1.83. The van der Waals surface area contributed by atoms with E-state index in [0.717, 1.165) is 31.2 Å². The average Bonchev–Trinajstić information content (AvgIpc) is 2.67. The molecule has 0 aliphatic heterocycles. The summed E-state index contributed by atoms with van der Waals surface area (Å²) in [6, 6.07) is 18.6. The van der Waals surface area contributed by atoms with Crippen molar-refractivity contribution >= 4 is 10.8 Å². The van der Waals surface area contributed by atoms with E-state index in [1.165, 1.54) is 34.0 Å². The van der Waals surface area contributed by atoms with Crippen LogP contribution in [0.3, 0.4) is 0 Å². The van der Waals surface area contributed by atoms with E-state index in [2.05, 4.69) is 37.3 Å². The molecule has 0 radical (unpaired) electrons. The van der Waals surface area contributed by atoms with Crippen LogP contribution in [0.5, 0.6) is 0 Å². The zero-order chi connectivity index (χ0) is 19.0. The van der Waals surface area contributed by atoms with Gasteiger partial charge in [0.2, 0.25) is 0 Å². The molecule has 2 unspecified atom stereocenters. The van der Waals surface area contributed by atoms with E-state index >= 15 is 0 Å². The van der Waals surface area contributed by atoms with Gasteiger partial charge in [-0.05, 0) is 64.8 Å². The van der Waals surface area contributed by atoms with Gasteiger partial charge in [-0.3, -0.25) is 0 Å². The average molecular weight is 368 g/mol. The predicted octanol–water partition coefficient (Wildman–Crippen LogP) is 7.35. The van der Waals surface area contributed by atoms with Gasteiger partial charge < -0.3 is 0 Å². The monoisotopic (exact) mass is 368 g/mol. The molecule has 0 amide bonds. The highest BCUT2D eigenvalue weighted by molar-refractivity contribution is 5.87. The quantitative estimate of drug-likeness (QED) is 0.453. The van der Waals surface area contributed by atoms with E-state index in [4.69, 9.17) is 0 Å². The highest BCUT2D eigenvalue weighted by atomic mass is 19.4. The second kappa shape index (κ2) is 7.03. The SMILES string of the molecule is CCCC1CCc2c(ccc3ccccc23)C1c1ccc(C(F)(F)F)cc1. The molecule has 4 rings (SSSR count). The molecule has 0 nitrogen and oxygen atoms in total. The van der Waals surface area contributed by atoms with Crippen LogP contribution >= 0.6 is 0 Å². The molecule has 1 aliphatic carbocycles. The van der Waals surface area contributed by atoms with E-state index in [0.29, 0.717) is 5.92 Å². The van der Waals surface area contributed by atoms with Gasteiger partial charge in [0, 0.05) is 5.92 Å². The van der Waals surface area contributed by atoms with E-state index in [9.17, 15) is 13.2 Å². The molecule has 3 aromatic rings. The van der Waals surface area contributed by atoms with Gasteiger partial charge in [0.25, 0.3) is 0 Å². The van der Waals surface area contributed by atoms with Gasteiger partial charge in [-0.1, -0.05) is 61.9 Å². The summed E-state index contributed by atoms with van der Waals surface area (Å²) in [4.78, 5) is 0. The number of aryl methyl sites for hydroxylation is 1. The summed E-state index contributed by atoms with van der Waals surface area (Å²) in [5, 5.41) is 2.51. The molecule has 0 spiro atoms. The number of fused-ring (bicyclic) bond motifs is 3. The minimum Gasteiger partial charge on any atom is -0.166 e. The topological polar surface area (TPSA) is 0 Å². The molecule has 1 aliphatic rings. The Morgan fingerprint density at radius 1 is 0.926 bits per heavy atom. The molecular formula is C24H23F3. The molecule has 2 atom stereocenters. The van der Waals surface area contributed by atoms with Crippen LogP contribution in [0.4, 0.5) is 13.2 Å². The molecule has 0 bridgehead atoms. The normalized spacial score (nSPS) is 19.9. The first-order chi connectivity index (χ1) is 13.0. The van der Waals surface area contributed by atoms with Crippen molar-refractivity contribution in [2.24, 2.45) is 5.92 Å². The molecular weight excluding hydrogens is 345 g/mol. The third-order valence-electron chi connectivity index (χ3n) is 5.91. The smallest absolute Gasteiger partial charge is 0.166 e. The van der Waals surface area contributed by atoms with Gasteiger partial charge in [0.15, 0.2) is 0 Å². The highest BCUT2D eigenvalue weighted by Gasteiger charge is 2.33. The Labute approximate surface area is 158 Å². The Kier molecular flexibility index (Phi) is 4.71.